The van der Waals surface area contributed by atoms with E-state index in [1.807, 2.05) is 0 Å². The number of para-hydroxylation sites is 1. The Bertz CT molecular complexity index is 965. The van der Waals surface area contributed by atoms with Gasteiger partial charge in [0.2, 0.25) is 0 Å². The third-order valence-corrected chi connectivity index (χ3v) is 5.68. The van der Waals surface area contributed by atoms with Crippen LogP contribution in [0.4, 0.5) is 4.79 Å². The van der Waals surface area contributed by atoms with Crippen molar-refractivity contribution >= 4 is 56.5 Å². The molecule has 0 unspecified atom stereocenters. The highest BCUT2D eigenvalue weighted by molar-refractivity contribution is 9.10. The summed E-state index contributed by atoms with van der Waals surface area (Å²) in [6.45, 7) is 0.240. The quantitative estimate of drug-likeness (QED) is 0.586. The minimum absolute atomic E-state index is 0.0375. The summed E-state index contributed by atoms with van der Waals surface area (Å²) in [7, 11) is 1.43. The van der Waals surface area contributed by atoms with Crippen LogP contribution in [0.1, 0.15) is 5.56 Å². The topological polar surface area (TPSA) is 76.1 Å². The van der Waals surface area contributed by atoms with Gasteiger partial charge in [-0.15, -0.1) is 0 Å². The normalized spacial score (nSPS) is 15.4. The van der Waals surface area contributed by atoms with Crippen molar-refractivity contribution in [2.24, 2.45) is 0 Å². The third-order valence-electron chi connectivity index (χ3n) is 3.85. The maximum Gasteiger partial charge on any atom is 0.293 e. The van der Waals surface area contributed by atoms with Gasteiger partial charge in [0.05, 0.1) is 28.1 Å². The molecule has 2 aromatic carbocycles. The van der Waals surface area contributed by atoms with Crippen LogP contribution in [0.5, 0.6) is 17.2 Å². The zero-order valence-electron chi connectivity index (χ0n) is 14.6. The standard InChI is InChI=1S/C19H15BrClNO5S/c1-26-15-9-11(8-12(20)17(15)23)10-16-18(24)22(19(25)28-16)6-7-27-14-5-3-2-4-13(14)21/h2-5,8-10,23H,6-7H2,1H3/b16-10-. The fourth-order valence-electron chi connectivity index (χ4n) is 2.49. The van der Waals surface area contributed by atoms with E-state index in [9.17, 15) is 14.7 Å². The van der Waals surface area contributed by atoms with Crippen LogP contribution < -0.4 is 9.47 Å². The van der Waals surface area contributed by atoms with E-state index < -0.39 is 5.91 Å². The Balaban J connectivity index is 1.70. The number of hydrogen-bond donors (Lipinski definition) is 1. The largest absolute Gasteiger partial charge is 0.503 e. The molecule has 0 atom stereocenters. The van der Waals surface area contributed by atoms with E-state index in [1.54, 1.807) is 42.5 Å². The molecule has 1 heterocycles. The molecule has 0 spiro atoms. The number of thioether (sulfide) groups is 1. The molecule has 1 N–H and O–H groups in total. The molecule has 146 valence electrons. The maximum absolute atomic E-state index is 12.6. The maximum atomic E-state index is 12.6. The van der Waals surface area contributed by atoms with E-state index in [-0.39, 0.29) is 34.8 Å². The van der Waals surface area contributed by atoms with Crippen LogP contribution in [0.3, 0.4) is 0 Å². The smallest absolute Gasteiger partial charge is 0.293 e. The van der Waals surface area contributed by atoms with Crippen LogP contribution in [-0.2, 0) is 4.79 Å². The molecule has 0 radical (unpaired) electrons. The number of phenolic OH excluding ortho intramolecular Hbond substituents is 1. The monoisotopic (exact) mass is 483 g/mol. The highest BCUT2D eigenvalue weighted by atomic mass is 79.9. The number of phenols is 1. The van der Waals surface area contributed by atoms with Crippen molar-refractivity contribution in [3.05, 3.63) is 56.4 Å². The molecule has 0 bridgehead atoms. The van der Waals surface area contributed by atoms with Crippen LogP contribution in [0.2, 0.25) is 5.02 Å². The highest BCUT2D eigenvalue weighted by Crippen LogP contribution is 2.38. The molecule has 0 aromatic heterocycles. The Hall–Kier alpha value is -2.16. The predicted molar refractivity (Wildman–Crippen MR) is 112 cm³/mol. The van der Waals surface area contributed by atoms with Gasteiger partial charge >= 0.3 is 0 Å². The number of rotatable bonds is 6. The number of methoxy groups -OCH3 is 1. The lowest BCUT2D eigenvalue weighted by atomic mass is 10.2. The summed E-state index contributed by atoms with van der Waals surface area (Å²) in [5.74, 6) is 0.311. The number of aromatic hydroxyl groups is 1. The number of carbonyl (C=O) groups excluding carboxylic acids is 2. The van der Waals surface area contributed by atoms with Crippen LogP contribution in [0.15, 0.2) is 45.8 Å². The second-order valence-electron chi connectivity index (χ2n) is 5.67. The predicted octanol–water partition coefficient (Wildman–Crippen LogP) is 4.93. The van der Waals surface area contributed by atoms with Gasteiger partial charge in [0.25, 0.3) is 11.1 Å². The molecule has 2 amide bonds. The fraction of sp³-hybridized carbons (Fsp3) is 0.158. The summed E-state index contributed by atoms with van der Waals surface area (Å²) in [6.07, 6.45) is 1.58. The zero-order valence-corrected chi connectivity index (χ0v) is 17.8. The van der Waals surface area contributed by atoms with Gasteiger partial charge in [-0.3, -0.25) is 14.5 Å². The first-order chi connectivity index (χ1) is 13.4. The summed E-state index contributed by atoms with van der Waals surface area (Å²) >= 11 is 10.1. The van der Waals surface area contributed by atoms with E-state index in [2.05, 4.69) is 15.9 Å². The minimum atomic E-state index is -0.402. The molecule has 6 nitrogen and oxygen atoms in total. The van der Waals surface area contributed by atoms with Crippen molar-refractivity contribution in [3.8, 4) is 17.2 Å². The summed E-state index contributed by atoms with van der Waals surface area (Å²) in [4.78, 5) is 26.2. The van der Waals surface area contributed by atoms with Crippen LogP contribution in [-0.4, -0.2) is 41.4 Å². The summed E-state index contributed by atoms with van der Waals surface area (Å²) in [5.41, 5.74) is 0.611. The van der Waals surface area contributed by atoms with E-state index in [4.69, 9.17) is 21.1 Å². The number of ether oxygens (including phenoxy) is 2. The fourth-order valence-corrected chi connectivity index (χ4v) is 4.00. The van der Waals surface area contributed by atoms with Gasteiger partial charge in [-0.2, -0.15) is 0 Å². The van der Waals surface area contributed by atoms with E-state index in [0.717, 1.165) is 16.7 Å². The number of halogens is 2. The summed E-state index contributed by atoms with van der Waals surface area (Å²) < 4.78 is 11.1. The molecule has 3 rings (SSSR count). The molecule has 2 aromatic rings. The van der Waals surface area contributed by atoms with Crippen LogP contribution in [0, 0.1) is 0 Å². The number of benzene rings is 2. The van der Waals surface area contributed by atoms with Crippen LogP contribution >= 0.6 is 39.3 Å². The van der Waals surface area contributed by atoms with Gasteiger partial charge in [-0.25, -0.2) is 0 Å². The lowest BCUT2D eigenvalue weighted by molar-refractivity contribution is -0.123. The Morgan fingerprint density at radius 1 is 1.25 bits per heavy atom. The SMILES string of the molecule is COc1cc(/C=C2\SC(=O)N(CCOc3ccccc3Cl)C2=O)cc(Br)c1O. The number of carbonyl (C=O) groups is 2. The second kappa shape index (κ2) is 8.89. The Morgan fingerprint density at radius 2 is 2.00 bits per heavy atom. The van der Waals surface area contributed by atoms with E-state index in [0.29, 0.717) is 20.8 Å². The number of amides is 2. The Kier molecular flexibility index (Phi) is 6.53. The highest BCUT2D eigenvalue weighted by Gasteiger charge is 2.34. The molecule has 1 saturated heterocycles. The average molecular weight is 485 g/mol. The van der Waals surface area contributed by atoms with Crippen molar-refractivity contribution in [1.29, 1.82) is 0 Å². The van der Waals surface area contributed by atoms with Gasteiger partial charge < -0.3 is 14.6 Å². The minimum Gasteiger partial charge on any atom is -0.503 e. The Labute approximate surface area is 179 Å². The molecule has 0 saturated carbocycles. The first kappa shape index (κ1) is 20.6. The lowest BCUT2D eigenvalue weighted by Gasteiger charge is -2.13. The van der Waals surface area contributed by atoms with Gasteiger partial charge in [-0.1, -0.05) is 23.7 Å². The molecular formula is C19H15BrClNO5S. The first-order valence-corrected chi connectivity index (χ1v) is 10.1. The lowest BCUT2D eigenvalue weighted by Crippen LogP contribution is -2.32. The van der Waals surface area contributed by atoms with Crippen molar-refractivity contribution in [3.63, 3.8) is 0 Å². The average Bonchev–Trinajstić information content (AvgIpc) is 2.93. The second-order valence-corrected chi connectivity index (χ2v) is 7.92. The molecule has 0 aliphatic carbocycles. The van der Waals surface area contributed by atoms with Crippen molar-refractivity contribution < 1.29 is 24.2 Å². The summed E-state index contributed by atoms with van der Waals surface area (Å²) in [6, 6.07) is 10.2. The number of hydrogen-bond acceptors (Lipinski definition) is 6. The Morgan fingerprint density at radius 3 is 2.71 bits per heavy atom. The zero-order chi connectivity index (χ0) is 20.3. The van der Waals surface area contributed by atoms with Crippen molar-refractivity contribution in [2.45, 2.75) is 0 Å². The van der Waals surface area contributed by atoms with Crippen molar-refractivity contribution in [1.82, 2.24) is 4.90 Å². The molecule has 9 heteroatoms. The van der Waals surface area contributed by atoms with E-state index in [1.165, 1.54) is 7.11 Å². The molecule has 28 heavy (non-hydrogen) atoms. The van der Waals surface area contributed by atoms with Crippen molar-refractivity contribution in [2.75, 3.05) is 20.3 Å². The van der Waals surface area contributed by atoms with Crippen LogP contribution in [0.25, 0.3) is 6.08 Å². The van der Waals surface area contributed by atoms with E-state index >= 15 is 0 Å². The molecule has 1 aliphatic heterocycles. The first-order valence-electron chi connectivity index (χ1n) is 8.10. The third kappa shape index (κ3) is 4.45. The number of imide groups is 1. The summed E-state index contributed by atoms with van der Waals surface area (Å²) in [5, 5.41) is 9.97. The van der Waals surface area contributed by atoms with Gasteiger partial charge in [0, 0.05) is 0 Å². The van der Waals surface area contributed by atoms with Gasteiger partial charge in [0.1, 0.15) is 12.4 Å². The number of nitrogens with zero attached hydrogens (tertiary/aromatic N) is 1. The molecule has 1 aliphatic rings. The molecular weight excluding hydrogens is 470 g/mol. The van der Waals surface area contributed by atoms with Gasteiger partial charge in [-0.05, 0) is 63.6 Å². The molecule has 1 fully saturated rings. The van der Waals surface area contributed by atoms with Gasteiger partial charge in [0.15, 0.2) is 11.5 Å².